The first kappa shape index (κ1) is 9.82. The van der Waals surface area contributed by atoms with Crippen molar-refractivity contribution >= 4 is 11.6 Å². The Hall–Kier alpha value is -0.270. The van der Waals surface area contributed by atoms with Crippen molar-refractivity contribution in [3.63, 3.8) is 0 Å². The van der Waals surface area contributed by atoms with E-state index in [1.807, 2.05) is 0 Å². The molecule has 1 aliphatic rings. The number of halogens is 1. The smallest absolute Gasteiger partial charge is 0.0906 e. The van der Waals surface area contributed by atoms with Gasteiger partial charge in [0.2, 0.25) is 0 Å². The van der Waals surface area contributed by atoms with Crippen molar-refractivity contribution in [2.75, 3.05) is 5.88 Å². The molecule has 1 rings (SSSR count). The maximum absolute atomic E-state index is 10.1. The van der Waals surface area contributed by atoms with Crippen molar-refractivity contribution in [1.29, 1.82) is 0 Å². The van der Waals surface area contributed by atoms with E-state index in [2.05, 4.69) is 13.2 Å². The van der Waals surface area contributed by atoms with Crippen molar-refractivity contribution < 1.29 is 5.11 Å². The number of hydrogen-bond donors (Lipinski definition) is 1. The summed E-state index contributed by atoms with van der Waals surface area (Å²) in [5.74, 6) is 0.511. The highest BCUT2D eigenvalue weighted by atomic mass is 35.5. The maximum Gasteiger partial charge on any atom is 0.0906 e. The van der Waals surface area contributed by atoms with Crippen molar-refractivity contribution in [3.05, 3.63) is 25.3 Å². The molecule has 1 nitrogen and oxygen atoms in total. The molecule has 1 unspecified atom stereocenters. The van der Waals surface area contributed by atoms with Crippen LogP contribution in [0, 0.1) is 11.8 Å². The molecule has 1 fully saturated rings. The minimum absolute atomic E-state index is 0.123. The van der Waals surface area contributed by atoms with E-state index < -0.39 is 5.60 Å². The van der Waals surface area contributed by atoms with Gasteiger partial charge in [-0.3, -0.25) is 0 Å². The molecule has 0 bridgehead atoms. The fourth-order valence-corrected chi connectivity index (χ4v) is 2.37. The molecule has 1 N–H and O–H groups in total. The molecule has 0 saturated heterocycles. The topological polar surface area (TPSA) is 20.2 Å². The highest BCUT2D eigenvalue weighted by Gasteiger charge is 2.45. The second-order valence-electron chi connectivity index (χ2n) is 3.39. The Kier molecular flexibility index (Phi) is 2.97. The van der Waals surface area contributed by atoms with Crippen LogP contribution in [0.15, 0.2) is 25.3 Å². The molecule has 0 heterocycles. The fraction of sp³-hybridized carbons (Fsp3) is 0.600. The molecule has 12 heavy (non-hydrogen) atoms. The molecular formula is C10H15ClO. The van der Waals surface area contributed by atoms with Gasteiger partial charge in [0.05, 0.1) is 11.5 Å². The maximum atomic E-state index is 10.1. The molecule has 68 valence electrons. The molecule has 0 aromatic heterocycles. The van der Waals surface area contributed by atoms with Crippen LogP contribution >= 0.6 is 11.6 Å². The van der Waals surface area contributed by atoms with Crippen molar-refractivity contribution in [2.45, 2.75) is 18.4 Å². The van der Waals surface area contributed by atoms with Crippen LogP contribution in [0.25, 0.3) is 0 Å². The summed E-state index contributed by atoms with van der Waals surface area (Å²) in [6.45, 7) is 7.40. The second kappa shape index (κ2) is 3.63. The van der Waals surface area contributed by atoms with Crippen LogP contribution in [0.5, 0.6) is 0 Å². The van der Waals surface area contributed by atoms with Gasteiger partial charge in [0, 0.05) is 11.8 Å². The molecule has 0 radical (unpaired) electrons. The highest BCUT2D eigenvalue weighted by Crippen LogP contribution is 2.42. The minimum Gasteiger partial charge on any atom is -0.387 e. The van der Waals surface area contributed by atoms with Gasteiger partial charge in [0.15, 0.2) is 0 Å². The molecule has 1 saturated carbocycles. The first-order chi connectivity index (χ1) is 5.69. The van der Waals surface area contributed by atoms with Gasteiger partial charge < -0.3 is 5.11 Å². The lowest BCUT2D eigenvalue weighted by Gasteiger charge is -2.30. The second-order valence-corrected chi connectivity index (χ2v) is 3.65. The lowest BCUT2D eigenvalue weighted by Crippen LogP contribution is -2.40. The van der Waals surface area contributed by atoms with Crippen LogP contribution in [0.4, 0.5) is 0 Å². The number of aliphatic hydroxyl groups is 1. The molecule has 0 amide bonds. The summed E-state index contributed by atoms with van der Waals surface area (Å²) in [6.07, 6.45) is 5.52. The normalized spacial score (nSPS) is 41.2. The zero-order valence-corrected chi connectivity index (χ0v) is 7.93. The van der Waals surface area contributed by atoms with Gasteiger partial charge in [0.25, 0.3) is 0 Å². The van der Waals surface area contributed by atoms with Crippen LogP contribution in [0.3, 0.4) is 0 Å². The summed E-state index contributed by atoms with van der Waals surface area (Å²) in [5.41, 5.74) is -0.801. The summed E-state index contributed by atoms with van der Waals surface area (Å²) < 4.78 is 0. The number of alkyl halides is 1. The molecule has 0 spiro atoms. The first-order valence-electron chi connectivity index (χ1n) is 4.22. The van der Waals surface area contributed by atoms with Crippen molar-refractivity contribution in [2.24, 2.45) is 11.8 Å². The average molecular weight is 187 g/mol. The lowest BCUT2D eigenvalue weighted by molar-refractivity contribution is 0.0159. The molecule has 1 aliphatic carbocycles. The SMILES string of the molecule is C=C[C@@H]1CC[C@H](C=C)C1(O)CCl. The predicted octanol–water partition coefficient (Wildman–Crippen LogP) is 2.35. The number of rotatable bonds is 3. The van der Waals surface area contributed by atoms with Gasteiger partial charge in [-0.1, -0.05) is 12.2 Å². The summed E-state index contributed by atoms with van der Waals surface area (Å²) in [5, 5.41) is 10.1. The third-order valence-corrected chi connectivity index (χ3v) is 3.28. The van der Waals surface area contributed by atoms with E-state index in [4.69, 9.17) is 11.6 Å². The third kappa shape index (κ3) is 1.32. The van der Waals surface area contributed by atoms with Crippen LogP contribution in [-0.4, -0.2) is 16.6 Å². The Morgan fingerprint density at radius 3 is 2.00 bits per heavy atom. The molecular weight excluding hydrogens is 172 g/mol. The van der Waals surface area contributed by atoms with Gasteiger partial charge in [0.1, 0.15) is 0 Å². The third-order valence-electron chi connectivity index (χ3n) is 2.86. The van der Waals surface area contributed by atoms with Gasteiger partial charge in [-0.15, -0.1) is 24.8 Å². The summed E-state index contributed by atoms with van der Waals surface area (Å²) in [7, 11) is 0. The minimum atomic E-state index is -0.801. The monoisotopic (exact) mass is 186 g/mol. The van der Waals surface area contributed by atoms with Crippen LogP contribution in [-0.2, 0) is 0 Å². The van der Waals surface area contributed by atoms with Crippen molar-refractivity contribution in [3.8, 4) is 0 Å². The molecule has 0 aromatic carbocycles. The first-order valence-corrected chi connectivity index (χ1v) is 4.76. The van der Waals surface area contributed by atoms with E-state index in [-0.39, 0.29) is 17.7 Å². The van der Waals surface area contributed by atoms with Gasteiger partial charge in [-0.2, -0.15) is 0 Å². The van der Waals surface area contributed by atoms with Gasteiger partial charge in [-0.05, 0) is 12.8 Å². The molecule has 0 aromatic rings. The molecule has 2 heteroatoms. The Morgan fingerprint density at radius 1 is 1.33 bits per heavy atom. The van der Waals surface area contributed by atoms with Crippen molar-refractivity contribution in [1.82, 2.24) is 0 Å². The zero-order valence-electron chi connectivity index (χ0n) is 7.17. The predicted molar refractivity (Wildman–Crippen MR) is 52.3 cm³/mol. The van der Waals surface area contributed by atoms with E-state index in [0.717, 1.165) is 12.8 Å². The Bertz CT molecular complexity index is 172. The quantitative estimate of drug-likeness (QED) is 0.530. The summed E-state index contributed by atoms with van der Waals surface area (Å²) in [6, 6.07) is 0. The zero-order chi connectivity index (χ0) is 9.19. The van der Waals surface area contributed by atoms with E-state index >= 15 is 0 Å². The van der Waals surface area contributed by atoms with E-state index in [0.29, 0.717) is 0 Å². The van der Waals surface area contributed by atoms with E-state index in [1.54, 1.807) is 12.2 Å². The van der Waals surface area contributed by atoms with E-state index in [1.165, 1.54) is 0 Å². The number of hydrogen-bond acceptors (Lipinski definition) is 1. The Balaban J connectivity index is 2.85. The molecule has 0 aliphatic heterocycles. The Labute approximate surface area is 78.7 Å². The van der Waals surface area contributed by atoms with Gasteiger partial charge >= 0.3 is 0 Å². The van der Waals surface area contributed by atoms with Crippen LogP contribution in [0.1, 0.15) is 12.8 Å². The van der Waals surface area contributed by atoms with Gasteiger partial charge in [-0.25, -0.2) is 0 Å². The van der Waals surface area contributed by atoms with Crippen LogP contribution in [0.2, 0.25) is 0 Å². The molecule has 3 atom stereocenters. The lowest BCUT2D eigenvalue weighted by atomic mass is 9.86. The average Bonchev–Trinajstić information content (AvgIpc) is 2.42. The van der Waals surface area contributed by atoms with Crippen LogP contribution < -0.4 is 0 Å². The largest absolute Gasteiger partial charge is 0.387 e. The van der Waals surface area contributed by atoms with E-state index in [9.17, 15) is 5.11 Å². The Morgan fingerprint density at radius 2 is 1.75 bits per heavy atom. The standard InChI is InChI=1S/C10H15ClO/c1-3-8-5-6-9(4-2)10(8,12)7-11/h3-4,8-9,12H,1-2,5-7H2/t8-,9+,10?. The summed E-state index contributed by atoms with van der Waals surface area (Å²) >= 11 is 5.75. The summed E-state index contributed by atoms with van der Waals surface area (Å²) in [4.78, 5) is 0. The fourth-order valence-electron chi connectivity index (χ4n) is 1.98. The highest BCUT2D eigenvalue weighted by molar-refractivity contribution is 6.18.